The molecular formula is C9H10N4S. The van der Waals surface area contributed by atoms with Crippen molar-refractivity contribution in [3.8, 4) is 0 Å². The Labute approximate surface area is 85.9 Å². The number of aryl methyl sites for hydroxylation is 1. The molecule has 0 fully saturated rings. The van der Waals surface area contributed by atoms with E-state index in [1.807, 2.05) is 18.4 Å². The van der Waals surface area contributed by atoms with Gasteiger partial charge in [0.15, 0.2) is 0 Å². The summed E-state index contributed by atoms with van der Waals surface area (Å²) in [5, 5.41) is 1.93. The number of nitrogens with two attached hydrogens (primary N) is 1. The summed E-state index contributed by atoms with van der Waals surface area (Å²) in [4.78, 5) is 12.4. The minimum atomic E-state index is -0.247. The zero-order valence-electron chi connectivity index (χ0n) is 7.71. The van der Waals surface area contributed by atoms with Crippen molar-refractivity contribution in [1.29, 1.82) is 0 Å². The lowest BCUT2D eigenvalue weighted by Gasteiger charge is -2.07. The first-order valence-electron chi connectivity index (χ1n) is 4.20. The maximum atomic E-state index is 5.98. The fourth-order valence-corrected chi connectivity index (χ4v) is 1.76. The highest BCUT2D eigenvalue weighted by Crippen LogP contribution is 2.16. The van der Waals surface area contributed by atoms with Crippen LogP contribution in [0.15, 0.2) is 23.2 Å². The number of thiazole rings is 1. The molecule has 1 atom stereocenters. The summed E-state index contributed by atoms with van der Waals surface area (Å²) in [7, 11) is 0. The Bertz CT molecular complexity index is 413. The minimum absolute atomic E-state index is 0.247. The van der Waals surface area contributed by atoms with Crippen molar-refractivity contribution in [2.24, 2.45) is 5.73 Å². The molecule has 0 saturated carbocycles. The molecule has 2 heterocycles. The first-order valence-corrected chi connectivity index (χ1v) is 5.15. The zero-order chi connectivity index (χ0) is 9.97. The number of aromatic nitrogens is 3. The highest BCUT2D eigenvalue weighted by atomic mass is 32.1. The van der Waals surface area contributed by atoms with Crippen molar-refractivity contribution in [1.82, 2.24) is 15.0 Å². The van der Waals surface area contributed by atoms with Gasteiger partial charge < -0.3 is 5.73 Å². The molecule has 2 aromatic rings. The van der Waals surface area contributed by atoms with Gasteiger partial charge in [0.05, 0.1) is 22.9 Å². The third kappa shape index (κ3) is 1.78. The van der Waals surface area contributed by atoms with E-state index in [0.29, 0.717) is 0 Å². The van der Waals surface area contributed by atoms with E-state index in [0.717, 1.165) is 17.2 Å². The maximum absolute atomic E-state index is 5.98. The Kier molecular flexibility index (Phi) is 2.51. The fraction of sp³-hybridized carbons (Fsp3) is 0.222. The highest BCUT2D eigenvalue weighted by molar-refractivity contribution is 7.07. The second kappa shape index (κ2) is 3.81. The Morgan fingerprint density at radius 2 is 2.21 bits per heavy atom. The predicted octanol–water partition coefficient (Wildman–Crippen LogP) is 1.29. The molecule has 0 aliphatic carbocycles. The molecule has 2 rings (SSSR count). The standard InChI is InChI=1S/C9H10N4S/c1-6-11-3-2-7(13-6)9(10)8-4-14-5-12-8/h2-5,9H,10H2,1H3. The van der Waals surface area contributed by atoms with Gasteiger partial charge in [-0.05, 0) is 13.0 Å². The Morgan fingerprint density at radius 3 is 2.86 bits per heavy atom. The van der Waals surface area contributed by atoms with Gasteiger partial charge in [0.1, 0.15) is 5.82 Å². The maximum Gasteiger partial charge on any atom is 0.125 e. The van der Waals surface area contributed by atoms with Crippen LogP contribution in [-0.2, 0) is 0 Å². The van der Waals surface area contributed by atoms with Crippen LogP contribution in [0.2, 0.25) is 0 Å². The summed E-state index contributed by atoms with van der Waals surface area (Å²) < 4.78 is 0. The van der Waals surface area contributed by atoms with Gasteiger partial charge in [-0.25, -0.2) is 15.0 Å². The summed E-state index contributed by atoms with van der Waals surface area (Å²) in [6.45, 7) is 1.84. The van der Waals surface area contributed by atoms with Gasteiger partial charge in [0.25, 0.3) is 0 Å². The summed E-state index contributed by atoms with van der Waals surface area (Å²) in [5.41, 5.74) is 9.41. The smallest absolute Gasteiger partial charge is 0.125 e. The van der Waals surface area contributed by atoms with E-state index in [1.54, 1.807) is 11.7 Å². The molecule has 0 amide bonds. The molecule has 2 aromatic heterocycles. The van der Waals surface area contributed by atoms with Crippen molar-refractivity contribution in [3.05, 3.63) is 40.4 Å². The van der Waals surface area contributed by atoms with Gasteiger partial charge in [-0.2, -0.15) is 0 Å². The number of rotatable bonds is 2. The molecule has 0 aliphatic heterocycles. The lowest BCUT2D eigenvalue weighted by Crippen LogP contribution is -2.14. The fourth-order valence-electron chi connectivity index (χ4n) is 1.17. The lowest BCUT2D eigenvalue weighted by molar-refractivity contribution is 0.785. The van der Waals surface area contributed by atoms with E-state index in [4.69, 9.17) is 5.73 Å². The monoisotopic (exact) mass is 206 g/mol. The third-order valence-electron chi connectivity index (χ3n) is 1.89. The molecular weight excluding hydrogens is 196 g/mol. The summed E-state index contributed by atoms with van der Waals surface area (Å²) in [6.07, 6.45) is 1.71. The van der Waals surface area contributed by atoms with Crippen LogP contribution in [-0.4, -0.2) is 15.0 Å². The number of hydrogen-bond acceptors (Lipinski definition) is 5. The Hall–Kier alpha value is -1.33. The van der Waals surface area contributed by atoms with Gasteiger partial charge in [-0.15, -0.1) is 11.3 Å². The van der Waals surface area contributed by atoms with Gasteiger partial charge in [-0.1, -0.05) is 0 Å². The average Bonchev–Trinajstić information content (AvgIpc) is 2.69. The lowest BCUT2D eigenvalue weighted by atomic mass is 10.1. The van der Waals surface area contributed by atoms with Crippen LogP contribution >= 0.6 is 11.3 Å². The van der Waals surface area contributed by atoms with Crippen LogP contribution in [0.3, 0.4) is 0 Å². The first-order chi connectivity index (χ1) is 6.77. The van der Waals surface area contributed by atoms with Crippen LogP contribution in [0.4, 0.5) is 0 Å². The van der Waals surface area contributed by atoms with E-state index >= 15 is 0 Å². The van der Waals surface area contributed by atoms with Crippen LogP contribution in [0, 0.1) is 6.92 Å². The Balaban J connectivity index is 2.32. The normalized spacial score (nSPS) is 12.7. The average molecular weight is 206 g/mol. The number of hydrogen-bond donors (Lipinski definition) is 1. The molecule has 0 bridgehead atoms. The molecule has 2 N–H and O–H groups in total. The molecule has 0 spiro atoms. The second-order valence-electron chi connectivity index (χ2n) is 2.92. The van der Waals surface area contributed by atoms with Crippen LogP contribution in [0.1, 0.15) is 23.3 Å². The molecule has 5 heteroatoms. The summed E-state index contributed by atoms with van der Waals surface area (Å²) in [6, 6.07) is 1.57. The molecule has 14 heavy (non-hydrogen) atoms. The quantitative estimate of drug-likeness (QED) is 0.804. The molecule has 0 radical (unpaired) electrons. The second-order valence-corrected chi connectivity index (χ2v) is 3.64. The summed E-state index contributed by atoms with van der Waals surface area (Å²) in [5.74, 6) is 0.730. The van der Waals surface area contributed by atoms with E-state index in [9.17, 15) is 0 Å². The van der Waals surface area contributed by atoms with Crippen LogP contribution in [0.5, 0.6) is 0 Å². The largest absolute Gasteiger partial charge is 0.318 e. The molecule has 0 aromatic carbocycles. The van der Waals surface area contributed by atoms with E-state index < -0.39 is 0 Å². The molecule has 1 unspecified atom stereocenters. The van der Waals surface area contributed by atoms with Crippen molar-refractivity contribution in [2.45, 2.75) is 13.0 Å². The van der Waals surface area contributed by atoms with Crippen molar-refractivity contribution in [2.75, 3.05) is 0 Å². The topological polar surface area (TPSA) is 64.7 Å². The third-order valence-corrected chi connectivity index (χ3v) is 2.49. The van der Waals surface area contributed by atoms with Crippen molar-refractivity contribution < 1.29 is 0 Å². The zero-order valence-corrected chi connectivity index (χ0v) is 8.53. The SMILES string of the molecule is Cc1nccc(C(N)c2cscn2)n1. The van der Waals surface area contributed by atoms with Crippen LogP contribution < -0.4 is 5.73 Å². The van der Waals surface area contributed by atoms with E-state index in [2.05, 4.69) is 15.0 Å². The van der Waals surface area contributed by atoms with Gasteiger partial charge in [0.2, 0.25) is 0 Å². The first kappa shape index (κ1) is 9.23. The van der Waals surface area contributed by atoms with Crippen molar-refractivity contribution in [3.63, 3.8) is 0 Å². The van der Waals surface area contributed by atoms with Gasteiger partial charge in [-0.3, -0.25) is 0 Å². The highest BCUT2D eigenvalue weighted by Gasteiger charge is 2.11. The molecule has 72 valence electrons. The van der Waals surface area contributed by atoms with Crippen molar-refractivity contribution >= 4 is 11.3 Å². The predicted molar refractivity (Wildman–Crippen MR) is 54.9 cm³/mol. The number of nitrogens with zero attached hydrogens (tertiary/aromatic N) is 3. The van der Waals surface area contributed by atoms with Gasteiger partial charge in [0, 0.05) is 11.6 Å². The molecule has 0 aliphatic rings. The summed E-state index contributed by atoms with van der Waals surface area (Å²) >= 11 is 1.53. The van der Waals surface area contributed by atoms with Gasteiger partial charge >= 0.3 is 0 Å². The molecule has 0 saturated heterocycles. The minimum Gasteiger partial charge on any atom is -0.318 e. The van der Waals surface area contributed by atoms with E-state index in [-0.39, 0.29) is 6.04 Å². The van der Waals surface area contributed by atoms with E-state index in [1.165, 1.54) is 11.3 Å². The van der Waals surface area contributed by atoms with Crippen LogP contribution in [0.25, 0.3) is 0 Å². The molecule has 4 nitrogen and oxygen atoms in total. The Morgan fingerprint density at radius 1 is 1.36 bits per heavy atom.